The Balaban J connectivity index is 2.19. The van der Waals surface area contributed by atoms with Gasteiger partial charge >= 0.3 is 0 Å². The van der Waals surface area contributed by atoms with E-state index in [-0.39, 0.29) is 0 Å². The molecule has 0 aliphatic carbocycles. The molecule has 0 unspecified atom stereocenters. The fourth-order valence-electron chi connectivity index (χ4n) is 1.20. The molecule has 74 valence electrons. The Morgan fingerprint density at radius 2 is 2.36 bits per heavy atom. The van der Waals surface area contributed by atoms with Gasteiger partial charge in [-0.15, -0.1) is 0 Å². The minimum Gasteiger partial charge on any atom is -0.354 e. The first-order valence-corrected chi connectivity index (χ1v) is 5.43. The van der Waals surface area contributed by atoms with Crippen LogP contribution in [0.1, 0.15) is 0 Å². The molecule has 0 fully saturated rings. The van der Waals surface area contributed by atoms with Crippen LogP contribution in [0.25, 0.3) is 0 Å². The van der Waals surface area contributed by atoms with Crippen LogP contribution < -0.4 is 10.6 Å². The van der Waals surface area contributed by atoms with Crippen molar-refractivity contribution >= 4 is 39.2 Å². The Kier molecular flexibility index (Phi) is 2.93. The van der Waals surface area contributed by atoms with Crippen LogP contribution >= 0.6 is 27.5 Å². The predicted octanol–water partition coefficient (Wildman–Crippen LogP) is 2.47. The van der Waals surface area contributed by atoms with Gasteiger partial charge in [0, 0.05) is 16.0 Å². The molecule has 3 nitrogen and oxygen atoms in total. The topological polar surface area (TPSA) is 36.4 Å². The van der Waals surface area contributed by atoms with Gasteiger partial charge < -0.3 is 10.6 Å². The maximum absolute atomic E-state index is 5.88. The molecule has 0 spiro atoms. The summed E-state index contributed by atoms with van der Waals surface area (Å²) in [6.07, 6.45) is 0. The Morgan fingerprint density at radius 3 is 3.07 bits per heavy atom. The molecule has 0 saturated carbocycles. The number of hydrogen-bond acceptors (Lipinski definition) is 3. The van der Waals surface area contributed by atoms with Gasteiger partial charge in [-0.3, -0.25) is 4.99 Å². The van der Waals surface area contributed by atoms with Crippen molar-refractivity contribution in [3.05, 3.63) is 27.7 Å². The molecule has 0 saturated heterocycles. The van der Waals surface area contributed by atoms with Crippen molar-refractivity contribution in [3.8, 4) is 0 Å². The quantitative estimate of drug-likeness (QED) is 0.825. The fourth-order valence-corrected chi connectivity index (χ4v) is 1.72. The van der Waals surface area contributed by atoms with Crippen molar-refractivity contribution in [3.63, 3.8) is 0 Å². The number of nitrogens with one attached hydrogen (secondary N) is 2. The third-order valence-electron chi connectivity index (χ3n) is 1.86. The summed E-state index contributed by atoms with van der Waals surface area (Å²) in [5.41, 5.74) is 0.922. The standard InChI is InChI=1S/C9H9BrClN3/c10-7-2-1-6(11)5-8(7)14-9-12-3-4-13-9/h1-2,5H,3-4H2,(H2,12,13,14). The van der Waals surface area contributed by atoms with Gasteiger partial charge in [-0.2, -0.15) is 0 Å². The Morgan fingerprint density at radius 1 is 1.50 bits per heavy atom. The van der Waals surface area contributed by atoms with Crippen LogP contribution in [0, 0.1) is 0 Å². The second-order valence-electron chi connectivity index (χ2n) is 2.91. The van der Waals surface area contributed by atoms with E-state index in [2.05, 4.69) is 31.6 Å². The maximum atomic E-state index is 5.88. The number of halogens is 2. The van der Waals surface area contributed by atoms with E-state index in [1.165, 1.54) is 0 Å². The highest BCUT2D eigenvalue weighted by molar-refractivity contribution is 9.10. The summed E-state index contributed by atoms with van der Waals surface area (Å²) >= 11 is 9.31. The minimum absolute atomic E-state index is 0.703. The van der Waals surface area contributed by atoms with E-state index in [0.29, 0.717) is 5.02 Å². The van der Waals surface area contributed by atoms with E-state index in [9.17, 15) is 0 Å². The summed E-state index contributed by atoms with van der Waals surface area (Å²) < 4.78 is 0.971. The molecular formula is C9H9BrClN3. The lowest BCUT2D eigenvalue weighted by atomic mass is 10.3. The van der Waals surface area contributed by atoms with Gasteiger partial charge in [0.1, 0.15) is 0 Å². The summed E-state index contributed by atoms with van der Waals surface area (Å²) in [4.78, 5) is 4.23. The van der Waals surface area contributed by atoms with Gasteiger partial charge in [-0.1, -0.05) is 11.6 Å². The molecular weight excluding hydrogens is 265 g/mol. The van der Waals surface area contributed by atoms with Gasteiger partial charge in [0.05, 0.1) is 12.2 Å². The summed E-state index contributed by atoms with van der Waals surface area (Å²) in [7, 11) is 0. The van der Waals surface area contributed by atoms with Crippen LogP contribution in [0.15, 0.2) is 27.7 Å². The zero-order valence-corrected chi connectivity index (χ0v) is 9.69. The molecule has 2 N–H and O–H groups in total. The first-order valence-electron chi connectivity index (χ1n) is 4.26. The van der Waals surface area contributed by atoms with E-state index in [1.807, 2.05) is 18.2 Å². The van der Waals surface area contributed by atoms with Gasteiger partial charge in [-0.05, 0) is 34.1 Å². The Labute approximate surface area is 95.7 Å². The normalized spacial score (nSPS) is 14.9. The Hall–Kier alpha value is -0.740. The highest BCUT2D eigenvalue weighted by Gasteiger charge is 2.07. The monoisotopic (exact) mass is 273 g/mol. The van der Waals surface area contributed by atoms with Crippen molar-refractivity contribution in [2.24, 2.45) is 4.99 Å². The lowest BCUT2D eigenvalue weighted by molar-refractivity contribution is 0.959. The van der Waals surface area contributed by atoms with Crippen molar-refractivity contribution < 1.29 is 0 Å². The summed E-state index contributed by atoms with van der Waals surface area (Å²) in [6.45, 7) is 1.71. The van der Waals surface area contributed by atoms with Gasteiger partial charge in [-0.25, -0.2) is 0 Å². The van der Waals surface area contributed by atoms with E-state index in [1.54, 1.807) is 0 Å². The second kappa shape index (κ2) is 4.19. The molecule has 0 amide bonds. The molecule has 0 radical (unpaired) electrons. The van der Waals surface area contributed by atoms with Gasteiger partial charge in [0.2, 0.25) is 0 Å². The van der Waals surface area contributed by atoms with Crippen LogP contribution in [0.4, 0.5) is 5.69 Å². The van der Waals surface area contributed by atoms with E-state index >= 15 is 0 Å². The number of guanidine groups is 1. The van der Waals surface area contributed by atoms with Crippen molar-refractivity contribution in [1.29, 1.82) is 0 Å². The molecule has 0 aromatic heterocycles. The third-order valence-corrected chi connectivity index (χ3v) is 2.78. The van der Waals surface area contributed by atoms with Crippen LogP contribution in [0.5, 0.6) is 0 Å². The average Bonchev–Trinajstić information content (AvgIpc) is 2.64. The van der Waals surface area contributed by atoms with Gasteiger partial charge in [0.15, 0.2) is 5.96 Å². The van der Waals surface area contributed by atoms with E-state index < -0.39 is 0 Å². The zero-order chi connectivity index (χ0) is 9.97. The average molecular weight is 275 g/mol. The third kappa shape index (κ3) is 2.19. The lowest BCUT2D eigenvalue weighted by Gasteiger charge is -2.08. The molecule has 1 aromatic carbocycles. The highest BCUT2D eigenvalue weighted by Crippen LogP contribution is 2.25. The van der Waals surface area contributed by atoms with E-state index in [4.69, 9.17) is 11.6 Å². The zero-order valence-electron chi connectivity index (χ0n) is 7.35. The highest BCUT2D eigenvalue weighted by atomic mass is 79.9. The first kappa shape index (κ1) is 9.80. The number of hydrogen-bond donors (Lipinski definition) is 2. The summed E-state index contributed by atoms with van der Waals surface area (Å²) in [5, 5.41) is 6.99. The van der Waals surface area contributed by atoms with Crippen molar-refractivity contribution in [1.82, 2.24) is 5.32 Å². The molecule has 5 heteroatoms. The van der Waals surface area contributed by atoms with Crippen LogP contribution in [0.2, 0.25) is 5.02 Å². The number of rotatable bonds is 1. The molecule has 0 bridgehead atoms. The first-order chi connectivity index (χ1) is 6.75. The SMILES string of the molecule is Clc1ccc(Br)c(NC2=NCCN2)c1. The summed E-state index contributed by atoms with van der Waals surface area (Å²) in [6, 6.07) is 5.59. The number of anilines is 1. The Bertz CT molecular complexity index is 378. The number of aliphatic imine (C=N–C) groups is 1. The molecule has 14 heavy (non-hydrogen) atoms. The number of benzene rings is 1. The van der Waals surface area contributed by atoms with Crippen molar-refractivity contribution in [2.45, 2.75) is 0 Å². The number of nitrogens with zero attached hydrogens (tertiary/aromatic N) is 1. The lowest BCUT2D eigenvalue weighted by Crippen LogP contribution is -2.26. The molecule has 0 atom stereocenters. The summed E-state index contributed by atoms with van der Waals surface area (Å²) in [5.74, 6) is 0.799. The van der Waals surface area contributed by atoms with E-state index in [0.717, 1.165) is 29.2 Å². The van der Waals surface area contributed by atoms with Crippen molar-refractivity contribution in [2.75, 3.05) is 18.4 Å². The van der Waals surface area contributed by atoms with Gasteiger partial charge in [0.25, 0.3) is 0 Å². The molecule has 1 aliphatic rings. The fraction of sp³-hybridized carbons (Fsp3) is 0.222. The minimum atomic E-state index is 0.703. The molecule has 1 aliphatic heterocycles. The van der Waals surface area contributed by atoms with Crippen LogP contribution in [-0.2, 0) is 0 Å². The van der Waals surface area contributed by atoms with Crippen LogP contribution in [0.3, 0.4) is 0 Å². The second-order valence-corrected chi connectivity index (χ2v) is 4.20. The molecule has 2 rings (SSSR count). The predicted molar refractivity (Wildman–Crippen MR) is 63.1 cm³/mol. The molecule has 1 heterocycles. The van der Waals surface area contributed by atoms with Crippen LogP contribution in [-0.4, -0.2) is 19.0 Å². The smallest absolute Gasteiger partial charge is 0.195 e. The largest absolute Gasteiger partial charge is 0.354 e. The maximum Gasteiger partial charge on any atom is 0.195 e. The molecule has 1 aromatic rings.